The van der Waals surface area contributed by atoms with Crippen LogP contribution in [-0.2, 0) is 0 Å². The van der Waals surface area contributed by atoms with E-state index in [-0.39, 0.29) is 6.10 Å². The Kier molecular flexibility index (Phi) is 8.70. The molecule has 0 saturated carbocycles. The summed E-state index contributed by atoms with van der Waals surface area (Å²) in [5.74, 6) is 0.980. The minimum atomic E-state index is -0.195. The molecule has 0 amide bonds. The molecule has 0 bridgehead atoms. The third-order valence-corrected chi connectivity index (χ3v) is 3.81. The van der Waals surface area contributed by atoms with Gasteiger partial charge >= 0.3 is 0 Å². The Morgan fingerprint density at radius 2 is 2.00 bits per heavy atom. The first-order valence-corrected chi connectivity index (χ1v) is 7.82. The summed E-state index contributed by atoms with van der Waals surface area (Å²) in [7, 11) is 0. The van der Waals surface area contributed by atoms with E-state index in [2.05, 4.69) is 43.3 Å². The minimum Gasteiger partial charge on any atom is -0.393 e. The molecule has 1 aromatic rings. The fraction of sp³-hybridized carbons (Fsp3) is 0.500. The van der Waals surface area contributed by atoms with Crippen LogP contribution in [0.3, 0.4) is 0 Å². The average molecular weight is 264 g/mol. The number of aliphatic hydroxyl groups excluding tert-OH is 1. The van der Waals surface area contributed by atoms with Crippen LogP contribution in [0.4, 0.5) is 0 Å². The summed E-state index contributed by atoms with van der Waals surface area (Å²) in [4.78, 5) is 1.28. The molecule has 18 heavy (non-hydrogen) atoms. The van der Waals surface area contributed by atoms with E-state index in [1.54, 1.807) is 0 Å². The minimum absolute atomic E-state index is 0.195. The molecule has 0 unspecified atom stereocenters. The number of aliphatic hydroxyl groups is 1. The van der Waals surface area contributed by atoms with Crippen molar-refractivity contribution in [1.29, 1.82) is 0 Å². The van der Waals surface area contributed by atoms with Crippen LogP contribution in [0.1, 0.15) is 39.0 Å². The van der Waals surface area contributed by atoms with Crippen molar-refractivity contribution in [2.24, 2.45) is 0 Å². The Morgan fingerprint density at radius 1 is 1.22 bits per heavy atom. The molecular weight excluding hydrogens is 240 g/mol. The summed E-state index contributed by atoms with van der Waals surface area (Å²) in [6.45, 7) is 2.20. The zero-order chi connectivity index (χ0) is 13.1. The maximum Gasteiger partial charge on any atom is 0.0582 e. The van der Waals surface area contributed by atoms with E-state index in [1.165, 1.54) is 17.7 Å². The molecule has 0 heterocycles. The molecule has 2 heteroatoms. The molecule has 0 aliphatic heterocycles. The normalized spacial score (nSPS) is 13.0. The van der Waals surface area contributed by atoms with Crippen molar-refractivity contribution >= 4 is 11.8 Å². The topological polar surface area (TPSA) is 20.2 Å². The predicted molar refractivity (Wildman–Crippen MR) is 81.1 cm³/mol. The van der Waals surface area contributed by atoms with E-state index in [0.717, 1.165) is 25.0 Å². The van der Waals surface area contributed by atoms with Crippen LogP contribution < -0.4 is 0 Å². The van der Waals surface area contributed by atoms with Crippen molar-refractivity contribution in [2.45, 2.75) is 50.0 Å². The van der Waals surface area contributed by atoms with Crippen molar-refractivity contribution in [1.82, 2.24) is 0 Å². The lowest BCUT2D eigenvalue weighted by atomic mass is 10.1. The van der Waals surface area contributed by atoms with Gasteiger partial charge in [0.15, 0.2) is 0 Å². The number of hydrogen-bond acceptors (Lipinski definition) is 2. The van der Waals surface area contributed by atoms with Crippen molar-refractivity contribution in [3.05, 3.63) is 42.5 Å². The maximum absolute atomic E-state index is 9.82. The lowest BCUT2D eigenvalue weighted by Gasteiger charge is -2.07. The SMILES string of the molecule is CCCC/C=C/C[C@@H](O)CCSc1ccccc1. The Hall–Kier alpha value is -0.730. The van der Waals surface area contributed by atoms with Crippen LogP contribution >= 0.6 is 11.8 Å². The van der Waals surface area contributed by atoms with Gasteiger partial charge in [-0.15, -0.1) is 11.8 Å². The first-order chi connectivity index (χ1) is 8.83. The third kappa shape index (κ3) is 7.57. The largest absolute Gasteiger partial charge is 0.393 e. The van der Waals surface area contributed by atoms with Crippen molar-refractivity contribution < 1.29 is 5.11 Å². The fourth-order valence-corrected chi connectivity index (χ4v) is 2.62. The summed E-state index contributed by atoms with van der Waals surface area (Å²) < 4.78 is 0. The van der Waals surface area contributed by atoms with E-state index in [9.17, 15) is 5.11 Å². The van der Waals surface area contributed by atoms with Gasteiger partial charge in [-0.05, 0) is 31.4 Å². The number of unbranched alkanes of at least 4 members (excludes halogenated alkanes) is 2. The van der Waals surface area contributed by atoms with Gasteiger partial charge in [-0.1, -0.05) is 50.1 Å². The molecule has 1 atom stereocenters. The van der Waals surface area contributed by atoms with E-state index in [1.807, 2.05) is 17.8 Å². The fourth-order valence-electron chi connectivity index (χ4n) is 1.64. The van der Waals surface area contributed by atoms with Gasteiger partial charge in [0.2, 0.25) is 0 Å². The molecule has 1 rings (SSSR count). The Balaban J connectivity index is 2.06. The number of thioether (sulfide) groups is 1. The summed E-state index contributed by atoms with van der Waals surface area (Å²) in [6, 6.07) is 10.4. The highest BCUT2D eigenvalue weighted by Crippen LogP contribution is 2.19. The Bertz CT molecular complexity index is 321. The molecule has 0 aliphatic carbocycles. The molecule has 0 radical (unpaired) electrons. The maximum atomic E-state index is 9.82. The van der Waals surface area contributed by atoms with Crippen molar-refractivity contribution in [3.63, 3.8) is 0 Å². The van der Waals surface area contributed by atoms with Gasteiger partial charge in [-0.25, -0.2) is 0 Å². The number of hydrogen-bond donors (Lipinski definition) is 1. The summed E-state index contributed by atoms with van der Waals surface area (Å²) in [5.41, 5.74) is 0. The highest BCUT2D eigenvalue weighted by atomic mass is 32.2. The standard InChI is InChI=1S/C16H24OS/c1-2-3-4-5-7-10-15(17)13-14-18-16-11-8-6-9-12-16/h5-9,11-12,15,17H,2-4,10,13-14H2,1H3/b7-5+/t15-/m1/s1. The van der Waals surface area contributed by atoms with E-state index in [0.29, 0.717) is 0 Å². The molecule has 1 N–H and O–H groups in total. The lowest BCUT2D eigenvalue weighted by Crippen LogP contribution is -2.05. The number of allylic oxidation sites excluding steroid dienone is 1. The zero-order valence-electron chi connectivity index (χ0n) is 11.2. The second-order valence-electron chi connectivity index (χ2n) is 4.45. The first kappa shape index (κ1) is 15.3. The first-order valence-electron chi connectivity index (χ1n) is 6.84. The van der Waals surface area contributed by atoms with Crippen molar-refractivity contribution in [2.75, 3.05) is 5.75 Å². The number of benzene rings is 1. The highest BCUT2D eigenvalue weighted by molar-refractivity contribution is 7.99. The smallest absolute Gasteiger partial charge is 0.0582 e. The second kappa shape index (κ2) is 10.2. The Morgan fingerprint density at radius 3 is 2.72 bits per heavy atom. The molecule has 1 nitrogen and oxygen atoms in total. The quantitative estimate of drug-likeness (QED) is 0.397. The molecule has 1 aromatic carbocycles. The van der Waals surface area contributed by atoms with Gasteiger partial charge in [0.1, 0.15) is 0 Å². The van der Waals surface area contributed by atoms with E-state index < -0.39 is 0 Å². The summed E-state index contributed by atoms with van der Waals surface area (Å²) in [6.07, 6.45) is 9.39. The Labute approximate surface area is 115 Å². The molecular formula is C16H24OS. The summed E-state index contributed by atoms with van der Waals surface area (Å²) >= 11 is 1.81. The third-order valence-electron chi connectivity index (χ3n) is 2.76. The molecule has 0 fully saturated rings. The van der Waals surface area contributed by atoms with E-state index in [4.69, 9.17) is 0 Å². The van der Waals surface area contributed by atoms with Gasteiger partial charge in [-0.2, -0.15) is 0 Å². The molecule has 100 valence electrons. The van der Waals surface area contributed by atoms with Crippen LogP contribution in [0.25, 0.3) is 0 Å². The van der Waals surface area contributed by atoms with Gasteiger partial charge in [-0.3, -0.25) is 0 Å². The van der Waals surface area contributed by atoms with Crippen molar-refractivity contribution in [3.8, 4) is 0 Å². The van der Waals surface area contributed by atoms with Crippen LogP contribution in [0.15, 0.2) is 47.4 Å². The van der Waals surface area contributed by atoms with Gasteiger partial charge in [0.25, 0.3) is 0 Å². The van der Waals surface area contributed by atoms with Crippen LogP contribution in [-0.4, -0.2) is 17.0 Å². The highest BCUT2D eigenvalue weighted by Gasteiger charge is 2.01. The van der Waals surface area contributed by atoms with Crippen LogP contribution in [0.5, 0.6) is 0 Å². The molecule has 0 aliphatic rings. The van der Waals surface area contributed by atoms with Gasteiger partial charge < -0.3 is 5.11 Å². The zero-order valence-corrected chi connectivity index (χ0v) is 12.0. The molecule has 0 spiro atoms. The monoisotopic (exact) mass is 264 g/mol. The average Bonchev–Trinajstić information content (AvgIpc) is 2.40. The predicted octanol–water partition coefficient (Wildman–Crippen LogP) is 4.67. The second-order valence-corrected chi connectivity index (χ2v) is 5.62. The van der Waals surface area contributed by atoms with E-state index >= 15 is 0 Å². The van der Waals surface area contributed by atoms with Crippen LogP contribution in [0.2, 0.25) is 0 Å². The van der Waals surface area contributed by atoms with Crippen LogP contribution in [0, 0.1) is 0 Å². The van der Waals surface area contributed by atoms with Gasteiger partial charge in [0, 0.05) is 10.6 Å². The molecule has 0 saturated heterocycles. The van der Waals surface area contributed by atoms with Gasteiger partial charge in [0.05, 0.1) is 6.10 Å². The molecule has 0 aromatic heterocycles. The number of rotatable bonds is 9. The lowest BCUT2D eigenvalue weighted by molar-refractivity contribution is 0.175. The summed E-state index contributed by atoms with van der Waals surface area (Å²) in [5, 5.41) is 9.82.